The second-order valence-corrected chi connectivity index (χ2v) is 4.45. The Morgan fingerprint density at radius 1 is 1.42 bits per heavy atom. The summed E-state index contributed by atoms with van der Waals surface area (Å²) in [5, 5.41) is 14.7. The molecule has 0 radical (unpaired) electrons. The van der Waals surface area contributed by atoms with Crippen molar-refractivity contribution in [2.24, 2.45) is 0 Å². The van der Waals surface area contributed by atoms with Crippen LogP contribution in [0.1, 0.15) is 26.3 Å². The third-order valence-corrected chi connectivity index (χ3v) is 2.56. The molecule has 0 fully saturated rings. The molecule has 0 atom stereocenters. The van der Waals surface area contributed by atoms with Gasteiger partial charge in [-0.25, -0.2) is 0 Å². The molecule has 1 amide bonds. The Kier molecular flexibility index (Phi) is 5.62. The number of benzene rings is 1. The summed E-state index contributed by atoms with van der Waals surface area (Å²) in [5.74, 6) is -0.362. The fourth-order valence-corrected chi connectivity index (χ4v) is 1.61. The Hall–Kier alpha value is -2.28. The van der Waals surface area contributed by atoms with Crippen LogP contribution < -0.4 is 10.6 Å². The van der Waals surface area contributed by atoms with Crippen LogP contribution in [0.3, 0.4) is 0 Å². The molecular weight excluding hydrogens is 238 g/mol. The minimum atomic E-state index is -0.362. The van der Waals surface area contributed by atoms with E-state index in [0.29, 0.717) is 0 Å². The molecule has 2 N–H and O–H groups in total. The first-order valence-electron chi connectivity index (χ1n) is 6.34. The Balaban J connectivity index is 2.83. The highest BCUT2D eigenvalue weighted by atomic mass is 16.1. The summed E-state index contributed by atoms with van der Waals surface area (Å²) in [7, 11) is 0. The van der Waals surface area contributed by atoms with E-state index in [4.69, 9.17) is 5.26 Å². The van der Waals surface area contributed by atoms with Crippen molar-refractivity contribution in [2.45, 2.75) is 33.2 Å². The highest BCUT2D eigenvalue weighted by Gasteiger charge is 2.09. The van der Waals surface area contributed by atoms with Gasteiger partial charge < -0.3 is 10.6 Å². The summed E-state index contributed by atoms with van der Waals surface area (Å²) in [6.45, 7) is 5.76. The molecule has 4 heteroatoms. The van der Waals surface area contributed by atoms with Crippen LogP contribution in [0.25, 0.3) is 0 Å². The molecule has 0 aliphatic rings. The van der Waals surface area contributed by atoms with Crippen LogP contribution in [0.15, 0.2) is 36.0 Å². The smallest absolute Gasteiger partial charge is 0.263 e. The minimum Gasteiger partial charge on any atom is -0.360 e. The van der Waals surface area contributed by atoms with Crippen LogP contribution in [-0.2, 0) is 11.2 Å². The van der Waals surface area contributed by atoms with E-state index in [2.05, 4.69) is 17.6 Å². The van der Waals surface area contributed by atoms with Crippen molar-refractivity contribution in [3.8, 4) is 6.07 Å². The summed E-state index contributed by atoms with van der Waals surface area (Å²) in [5.41, 5.74) is 2.12. The van der Waals surface area contributed by atoms with Gasteiger partial charge in [0.15, 0.2) is 0 Å². The van der Waals surface area contributed by atoms with Gasteiger partial charge in [-0.2, -0.15) is 5.26 Å². The summed E-state index contributed by atoms with van der Waals surface area (Å²) >= 11 is 0. The molecule has 4 nitrogen and oxygen atoms in total. The maximum absolute atomic E-state index is 11.7. The number of para-hydroxylation sites is 1. The van der Waals surface area contributed by atoms with Gasteiger partial charge in [-0.15, -0.1) is 0 Å². The van der Waals surface area contributed by atoms with E-state index in [1.165, 1.54) is 6.20 Å². The van der Waals surface area contributed by atoms with E-state index in [0.717, 1.165) is 17.7 Å². The van der Waals surface area contributed by atoms with Crippen LogP contribution >= 0.6 is 0 Å². The van der Waals surface area contributed by atoms with Gasteiger partial charge >= 0.3 is 0 Å². The first-order valence-corrected chi connectivity index (χ1v) is 6.34. The van der Waals surface area contributed by atoms with Crippen LogP contribution in [-0.4, -0.2) is 11.9 Å². The van der Waals surface area contributed by atoms with Crippen molar-refractivity contribution in [1.82, 2.24) is 5.32 Å². The van der Waals surface area contributed by atoms with Crippen molar-refractivity contribution in [2.75, 3.05) is 5.32 Å². The molecule has 0 unspecified atom stereocenters. The fraction of sp³-hybridized carbons (Fsp3) is 0.333. The predicted octanol–water partition coefficient (Wildman–Crippen LogP) is 2.59. The highest BCUT2D eigenvalue weighted by molar-refractivity contribution is 5.97. The Bertz CT molecular complexity index is 512. The fourth-order valence-electron chi connectivity index (χ4n) is 1.61. The zero-order valence-corrected chi connectivity index (χ0v) is 11.5. The summed E-state index contributed by atoms with van der Waals surface area (Å²) < 4.78 is 0. The molecule has 0 bridgehead atoms. The number of carbonyl (C=O) groups is 1. The summed E-state index contributed by atoms with van der Waals surface area (Å²) in [6.07, 6.45) is 2.34. The van der Waals surface area contributed by atoms with Crippen molar-refractivity contribution >= 4 is 11.6 Å². The lowest BCUT2D eigenvalue weighted by molar-refractivity contribution is -0.117. The third kappa shape index (κ3) is 4.47. The van der Waals surface area contributed by atoms with Gasteiger partial charge in [0.2, 0.25) is 0 Å². The van der Waals surface area contributed by atoms with Crippen LogP contribution in [0.4, 0.5) is 5.69 Å². The van der Waals surface area contributed by atoms with Crippen molar-refractivity contribution in [3.63, 3.8) is 0 Å². The number of anilines is 1. The highest BCUT2D eigenvalue weighted by Crippen LogP contribution is 2.15. The van der Waals surface area contributed by atoms with Gasteiger partial charge in [0, 0.05) is 17.9 Å². The van der Waals surface area contributed by atoms with Crippen molar-refractivity contribution < 1.29 is 4.79 Å². The number of aryl methyl sites for hydroxylation is 1. The molecule has 0 spiro atoms. The number of nitriles is 1. The van der Waals surface area contributed by atoms with E-state index in [1.54, 1.807) is 0 Å². The van der Waals surface area contributed by atoms with Crippen molar-refractivity contribution in [3.05, 3.63) is 41.6 Å². The van der Waals surface area contributed by atoms with E-state index in [9.17, 15) is 4.79 Å². The number of hydrogen-bond donors (Lipinski definition) is 2. The quantitative estimate of drug-likeness (QED) is 0.629. The van der Waals surface area contributed by atoms with Gasteiger partial charge in [0.1, 0.15) is 11.6 Å². The topological polar surface area (TPSA) is 64.9 Å². The molecule has 1 rings (SSSR count). The first kappa shape index (κ1) is 14.8. The molecule has 0 saturated heterocycles. The van der Waals surface area contributed by atoms with Crippen molar-refractivity contribution in [1.29, 1.82) is 5.26 Å². The zero-order valence-electron chi connectivity index (χ0n) is 11.5. The second kappa shape index (κ2) is 7.22. The summed E-state index contributed by atoms with van der Waals surface area (Å²) in [6, 6.07) is 9.71. The molecule has 100 valence electrons. The van der Waals surface area contributed by atoms with E-state index >= 15 is 0 Å². The molecule has 1 aromatic rings. The number of carbonyl (C=O) groups excluding carboxylic acids is 1. The maximum atomic E-state index is 11.7. The van der Waals surface area contributed by atoms with Gasteiger partial charge in [-0.05, 0) is 31.9 Å². The Morgan fingerprint density at radius 2 is 2.11 bits per heavy atom. The standard InChI is InChI=1S/C15H19N3O/c1-4-12-7-5-6-8-14(12)17-10-13(9-16)15(19)18-11(2)3/h5-8,10-11,17H,4H2,1-3H3,(H,18,19)/b13-10-. The SMILES string of the molecule is CCc1ccccc1N/C=C(/C#N)C(=O)NC(C)C. The van der Waals surface area contributed by atoms with E-state index in [-0.39, 0.29) is 17.5 Å². The molecule has 0 saturated carbocycles. The number of rotatable bonds is 5. The van der Waals surface area contributed by atoms with Gasteiger partial charge in [-0.1, -0.05) is 25.1 Å². The lowest BCUT2D eigenvalue weighted by atomic mass is 10.1. The number of hydrogen-bond acceptors (Lipinski definition) is 3. The maximum Gasteiger partial charge on any atom is 0.263 e. The van der Waals surface area contributed by atoms with E-state index < -0.39 is 0 Å². The average molecular weight is 257 g/mol. The number of nitrogens with one attached hydrogen (secondary N) is 2. The second-order valence-electron chi connectivity index (χ2n) is 4.45. The van der Waals surface area contributed by atoms with Gasteiger partial charge in [0.25, 0.3) is 5.91 Å². The Labute approximate surface area is 114 Å². The van der Waals surface area contributed by atoms with Crippen LogP contribution in [0, 0.1) is 11.3 Å². The average Bonchev–Trinajstić information content (AvgIpc) is 2.39. The normalized spacial score (nSPS) is 11.0. The lowest BCUT2D eigenvalue weighted by Gasteiger charge is -2.09. The zero-order chi connectivity index (χ0) is 14.3. The molecule has 1 aromatic carbocycles. The molecule has 0 aliphatic heterocycles. The number of amides is 1. The molecule has 0 aromatic heterocycles. The van der Waals surface area contributed by atoms with E-state index in [1.807, 2.05) is 44.2 Å². The molecule has 19 heavy (non-hydrogen) atoms. The first-order chi connectivity index (χ1) is 9.08. The number of nitrogens with zero attached hydrogens (tertiary/aromatic N) is 1. The monoisotopic (exact) mass is 257 g/mol. The Morgan fingerprint density at radius 3 is 2.68 bits per heavy atom. The minimum absolute atomic E-state index is 0.00665. The van der Waals surface area contributed by atoms with Gasteiger partial charge in [0.05, 0.1) is 0 Å². The van der Waals surface area contributed by atoms with Crippen LogP contribution in [0.5, 0.6) is 0 Å². The lowest BCUT2D eigenvalue weighted by Crippen LogP contribution is -2.31. The van der Waals surface area contributed by atoms with Crippen LogP contribution in [0.2, 0.25) is 0 Å². The molecule has 0 heterocycles. The van der Waals surface area contributed by atoms with Gasteiger partial charge in [-0.3, -0.25) is 4.79 Å². The predicted molar refractivity (Wildman–Crippen MR) is 76.4 cm³/mol. The molecular formula is C15H19N3O. The molecule has 0 aliphatic carbocycles. The summed E-state index contributed by atoms with van der Waals surface area (Å²) in [4.78, 5) is 11.7. The largest absolute Gasteiger partial charge is 0.360 e. The third-order valence-electron chi connectivity index (χ3n) is 2.56.